The summed E-state index contributed by atoms with van der Waals surface area (Å²) in [5.41, 5.74) is 21.2. The van der Waals surface area contributed by atoms with Gasteiger partial charge in [-0.2, -0.15) is 0 Å². The summed E-state index contributed by atoms with van der Waals surface area (Å²) in [4.78, 5) is 0. The number of nitrogens with one attached hydrogen (secondary N) is 1. The Morgan fingerprint density at radius 3 is 2.01 bits per heavy atom. The Morgan fingerprint density at radius 2 is 1.22 bits per heavy atom. The number of anilines is 2. The molecule has 3 aliphatic rings. The average molecular weight is 914 g/mol. The van der Waals surface area contributed by atoms with Gasteiger partial charge in [0.25, 0.3) is 0 Å². The highest BCUT2D eigenvalue weighted by Crippen LogP contribution is 2.55. The molecule has 0 spiro atoms. The molecule has 68 heavy (non-hydrogen) atoms. The van der Waals surface area contributed by atoms with Gasteiger partial charge in [0, 0.05) is 79.3 Å². The first-order valence-electron chi connectivity index (χ1n) is 24.5. The molecule has 0 amide bonds. The van der Waals surface area contributed by atoms with E-state index in [1.165, 1.54) is 142 Å². The number of hydrogen-bond acceptors (Lipinski definition) is 3. The van der Waals surface area contributed by atoms with Gasteiger partial charge in [0.15, 0.2) is 7.28 Å². The molecule has 2 nitrogen and oxygen atoms in total. The van der Waals surface area contributed by atoms with Gasteiger partial charge >= 0.3 is 0 Å². The van der Waals surface area contributed by atoms with Crippen molar-refractivity contribution in [2.24, 2.45) is 0 Å². The van der Waals surface area contributed by atoms with Crippen LogP contribution in [-0.2, 0) is 21.7 Å². The lowest BCUT2D eigenvalue weighted by molar-refractivity contribution is 0.332. The summed E-state index contributed by atoms with van der Waals surface area (Å²) in [6.07, 6.45) is 2.40. The van der Waals surface area contributed by atoms with Gasteiger partial charge in [0.05, 0.1) is 5.52 Å². The first-order chi connectivity index (χ1) is 32.5. The summed E-state index contributed by atoms with van der Waals surface area (Å²) >= 11 is 3.85. The molecule has 1 N–H and O–H groups in total. The minimum Gasteiger partial charge on any atom is -0.355 e. The van der Waals surface area contributed by atoms with Crippen LogP contribution in [0.2, 0.25) is 0 Å². The quantitative estimate of drug-likeness (QED) is 0.175. The highest BCUT2D eigenvalue weighted by molar-refractivity contribution is 7.26. The third-order valence-electron chi connectivity index (χ3n) is 16.6. The molecule has 0 unspecified atom stereocenters. The molecule has 0 fully saturated rings. The zero-order valence-electron chi connectivity index (χ0n) is 40.5. The Morgan fingerprint density at radius 1 is 0.544 bits per heavy atom. The summed E-state index contributed by atoms with van der Waals surface area (Å²) in [7, 11) is 2.52. The van der Waals surface area contributed by atoms with Crippen molar-refractivity contribution in [2.45, 2.75) is 96.8 Å². The molecule has 4 heterocycles. The van der Waals surface area contributed by atoms with E-state index in [2.05, 4.69) is 213 Å². The molecule has 0 saturated heterocycles. The van der Waals surface area contributed by atoms with Crippen LogP contribution in [0.5, 0.6) is 0 Å². The number of benzene rings is 8. The number of nitrogens with zero attached hydrogens (tertiary/aromatic N) is 1. The Hall–Kier alpha value is -6.14. The van der Waals surface area contributed by atoms with Crippen LogP contribution in [0.4, 0.5) is 11.4 Å². The van der Waals surface area contributed by atoms with Gasteiger partial charge in [-0.1, -0.05) is 147 Å². The van der Waals surface area contributed by atoms with Crippen LogP contribution in [0.15, 0.2) is 133 Å². The van der Waals surface area contributed by atoms with E-state index in [1.807, 2.05) is 22.7 Å². The topological polar surface area (TPSA) is 17.0 Å². The summed E-state index contributed by atoms with van der Waals surface area (Å²) in [6.45, 7) is 21.5. The molecule has 2 aliphatic carbocycles. The van der Waals surface area contributed by atoms with Crippen LogP contribution in [0.1, 0.15) is 103 Å². The summed E-state index contributed by atoms with van der Waals surface area (Å²) in [5, 5.41) is 12.1. The number of rotatable bonds is 3. The fourth-order valence-corrected chi connectivity index (χ4v) is 15.0. The van der Waals surface area contributed by atoms with E-state index in [4.69, 9.17) is 0 Å². The van der Waals surface area contributed by atoms with Gasteiger partial charge in [-0.3, -0.25) is 0 Å². The number of aromatic nitrogens is 1. The molecular weight excluding hydrogens is 860 g/mol. The van der Waals surface area contributed by atoms with E-state index in [9.17, 15) is 0 Å². The first kappa shape index (κ1) is 40.9. The molecule has 14 rings (SSSR count). The van der Waals surface area contributed by atoms with Crippen LogP contribution in [0, 0.1) is 0 Å². The van der Waals surface area contributed by atoms with E-state index < -0.39 is 0 Å². The monoisotopic (exact) mass is 913 g/mol. The van der Waals surface area contributed by atoms with Crippen LogP contribution in [0.3, 0.4) is 0 Å². The molecule has 3 aromatic heterocycles. The molecule has 1 aliphatic heterocycles. The fraction of sp³-hybridized carbons (Fsp3) is 0.238. The first-order valence-corrected chi connectivity index (χ1v) is 26.2. The Kier molecular flexibility index (Phi) is 8.15. The predicted molar refractivity (Wildman–Crippen MR) is 298 cm³/mol. The maximum absolute atomic E-state index is 4.03. The molecule has 5 heteroatoms. The number of thiophene rings is 2. The largest absolute Gasteiger partial charge is 0.355 e. The second kappa shape index (κ2) is 13.6. The Balaban J connectivity index is 1.08. The minimum atomic E-state index is -0.0979. The molecule has 8 aromatic carbocycles. The Labute approximate surface area is 407 Å². The second-order valence-electron chi connectivity index (χ2n) is 23.1. The van der Waals surface area contributed by atoms with Gasteiger partial charge < -0.3 is 9.88 Å². The van der Waals surface area contributed by atoms with Crippen molar-refractivity contribution in [1.82, 2.24) is 4.57 Å². The SMILES string of the molecule is CC(C)(C)c1ccc(Nc2cc3sc4cc5c(cc4c3cc2-c2ccc3c4c6c(ccc4n4c3c2[B]c2cc3c(cc2-4)sc2ccccc23)C(C)(C)c2ccccc2-6)C(C)(C)CCC5(C)C)cc1. The van der Waals surface area contributed by atoms with Crippen molar-refractivity contribution in [2.75, 3.05) is 5.32 Å². The lowest BCUT2D eigenvalue weighted by Crippen LogP contribution is -2.37. The third-order valence-corrected chi connectivity index (χ3v) is 18.9. The molecule has 0 saturated carbocycles. The van der Waals surface area contributed by atoms with Crippen LogP contribution in [-0.4, -0.2) is 11.8 Å². The van der Waals surface area contributed by atoms with E-state index >= 15 is 0 Å². The van der Waals surface area contributed by atoms with Gasteiger partial charge in [-0.05, 0) is 139 Å². The van der Waals surface area contributed by atoms with Crippen molar-refractivity contribution >= 4 is 114 Å². The van der Waals surface area contributed by atoms with Gasteiger partial charge in [0.2, 0.25) is 0 Å². The van der Waals surface area contributed by atoms with Gasteiger partial charge in [-0.25, -0.2) is 0 Å². The Bertz CT molecular complexity index is 4030. The molecular formula is C63H54BN2S2. The van der Waals surface area contributed by atoms with E-state index in [-0.39, 0.29) is 21.7 Å². The molecule has 0 bridgehead atoms. The van der Waals surface area contributed by atoms with Crippen molar-refractivity contribution < 1.29 is 0 Å². The van der Waals surface area contributed by atoms with E-state index in [0.717, 1.165) is 11.4 Å². The second-order valence-corrected chi connectivity index (χ2v) is 25.2. The van der Waals surface area contributed by atoms with E-state index in [0.29, 0.717) is 0 Å². The van der Waals surface area contributed by atoms with E-state index in [1.54, 1.807) is 0 Å². The van der Waals surface area contributed by atoms with Crippen LogP contribution >= 0.6 is 22.7 Å². The highest BCUT2D eigenvalue weighted by atomic mass is 32.1. The minimum absolute atomic E-state index is 0.0729. The number of hydrogen-bond donors (Lipinski definition) is 1. The highest BCUT2D eigenvalue weighted by Gasteiger charge is 2.40. The normalized spacial score (nSPS) is 16.4. The predicted octanol–water partition coefficient (Wildman–Crippen LogP) is 16.9. The van der Waals surface area contributed by atoms with Crippen molar-refractivity contribution in [3.8, 4) is 27.9 Å². The lowest BCUT2D eigenvalue weighted by Gasteiger charge is -2.41. The van der Waals surface area contributed by atoms with Crippen molar-refractivity contribution in [1.29, 1.82) is 0 Å². The zero-order chi connectivity index (χ0) is 46.4. The lowest BCUT2D eigenvalue weighted by atomic mass is 9.59. The molecule has 0 atom stereocenters. The number of fused-ring (bicyclic) bond motifs is 16. The summed E-state index contributed by atoms with van der Waals surface area (Å²) in [6, 6.07) is 52.0. The molecule has 11 aromatic rings. The summed E-state index contributed by atoms with van der Waals surface area (Å²) < 4.78 is 7.98. The molecule has 1 radical (unpaired) electrons. The van der Waals surface area contributed by atoms with Gasteiger partial charge in [0.1, 0.15) is 0 Å². The average Bonchev–Trinajstić information content (AvgIpc) is 4.03. The van der Waals surface area contributed by atoms with Crippen molar-refractivity contribution in [3.63, 3.8) is 0 Å². The van der Waals surface area contributed by atoms with Crippen LogP contribution < -0.4 is 16.2 Å². The van der Waals surface area contributed by atoms with Gasteiger partial charge in [-0.15, -0.1) is 22.7 Å². The third kappa shape index (κ3) is 5.58. The summed E-state index contributed by atoms with van der Waals surface area (Å²) in [5.74, 6) is 0. The molecule has 331 valence electrons. The zero-order valence-corrected chi connectivity index (χ0v) is 42.1. The maximum atomic E-state index is 4.03. The van der Waals surface area contributed by atoms with Crippen molar-refractivity contribution in [3.05, 3.63) is 161 Å². The fourth-order valence-electron chi connectivity index (χ4n) is 12.7. The maximum Gasteiger partial charge on any atom is 0.197 e. The smallest absolute Gasteiger partial charge is 0.197 e. The van der Waals surface area contributed by atoms with Crippen LogP contribution in [0.25, 0.3) is 90.1 Å². The standard InChI is InChI=1S/C63H54BN2S2/c1-60(2,3)34-18-20-35(21-19-34)65-49-32-54-41(42-29-46-47(31-53(42)68-54)62(6,7)27-26-61(46,4)5)28-40(49)37-22-23-39-57-50(25-24-45-56(57)38-15-10-12-16-44(38)63(45,8)9)66-51-33-55-43(30-48(51)64-58(37)59(39)66)36-14-11-13-17-52(36)67-55/h10-25,28-33,65H,26-27H2,1-9H3.